The van der Waals surface area contributed by atoms with Gasteiger partial charge in [0.2, 0.25) is 5.91 Å². The summed E-state index contributed by atoms with van der Waals surface area (Å²) in [4.78, 5) is 33.5. The van der Waals surface area contributed by atoms with E-state index in [-0.39, 0.29) is 24.1 Å². The van der Waals surface area contributed by atoms with Gasteiger partial charge < -0.3 is 15.4 Å². The van der Waals surface area contributed by atoms with Gasteiger partial charge in [-0.3, -0.25) is 4.79 Å². The Balaban J connectivity index is 1.94. The molecule has 1 amide bonds. The van der Waals surface area contributed by atoms with Gasteiger partial charge in [0.25, 0.3) is 0 Å². The summed E-state index contributed by atoms with van der Waals surface area (Å²) in [6.45, 7) is 3.58. The van der Waals surface area contributed by atoms with Crippen molar-refractivity contribution in [2.45, 2.75) is 26.3 Å². The highest BCUT2D eigenvalue weighted by atomic mass is 32.1. The zero-order valence-electron chi connectivity index (χ0n) is 11.0. The van der Waals surface area contributed by atoms with Crippen LogP contribution in [0.25, 0.3) is 0 Å². The Morgan fingerprint density at radius 3 is 2.85 bits per heavy atom. The quantitative estimate of drug-likeness (QED) is 0.770. The summed E-state index contributed by atoms with van der Waals surface area (Å²) in [5, 5.41) is 13.6. The molecule has 2 rings (SSSR count). The Morgan fingerprint density at radius 1 is 1.55 bits per heavy atom. The molecule has 2 aromatic rings. The standard InChI is InChI=1S/C12H14N4O3S/c1-6(11-16-9(5-20-11)12(18)19)14-10(17)3-8-4-13-7(2)15-8/h4-6H,3H2,1-2H3,(H,13,15)(H,14,17)(H,18,19). The third-order valence-corrected chi connectivity index (χ3v) is 3.62. The normalized spacial score (nSPS) is 12.1. The molecule has 20 heavy (non-hydrogen) atoms. The SMILES string of the molecule is Cc1ncc(CC(=O)NC(C)c2nc(C(=O)O)cs2)[nH]1. The third kappa shape index (κ3) is 3.41. The number of imidazole rings is 1. The fraction of sp³-hybridized carbons (Fsp3) is 0.333. The molecule has 1 unspecified atom stereocenters. The third-order valence-electron chi connectivity index (χ3n) is 2.60. The molecule has 0 saturated carbocycles. The van der Waals surface area contributed by atoms with E-state index >= 15 is 0 Å². The van der Waals surface area contributed by atoms with Crippen LogP contribution in [0, 0.1) is 6.92 Å². The van der Waals surface area contributed by atoms with Crippen LogP contribution in [-0.2, 0) is 11.2 Å². The number of nitrogens with one attached hydrogen (secondary N) is 2. The first-order valence-corrected chi connectivity index (χ1v) is 6.82. The molecule has 106 valence electrons. The van der Waals surface area contributed by atoms with Gasteiger partial charge in [0.15, 0.2) is 5.69 Å². The number of amides is 1. The van der Waals surface area contributed by atoms with Gasteiger partial charge in [-0.05, 0) is 13.8 Å². The zero-order chi connectivity index (χ0) is 14.7. The fourth-order valence-corrected chi connectivity index (χ4v) is 2.47. The Morgan fingerprint density at radius 2 is 2.30 bits per heavy atom. The number of aryl methyl sites for hydroxylation is 1. The topological polar surface area (TPSA) is 108 Å². The summed E-state index contributed by atoms with van der Waals surface area (Å²) in [5.74, 6) is -0.487. The molecule has 0 spiro atoms. The van der Waals surface area contributed by atoms with E-state index in [1.165, 1.54) is 16.7 Å². The molecular formula is C12H14N4O3S. The number of carbonyl (C=O) groups excluding carboxylic acids is 1. The summed E-state index contributed by atoms with van der Waals surface area (Å²) in [6.07, 6.45) is 1.81. The number of carboxylic acids is 1. The molecular weight excluding hydrogens is 280 g/mol. The second kappa shape index (κ2) is 5.83. The molecule has 0 aliphatic rings. The molecule has 0 aromatic carbocycles. The van der Waals surface area contributed by atoms with Gasteiger partial charge in [0, 0.05) is 17.3 Å². The van der Waals surface area contributed by atoms with Crippen LogP contribution in [0.3, 0.4) is 0 Å². The minimum absolute atomic E-state index is 0.00436. The number of hydrogen-bond acceptors (Lipinski definition) is 5. The predicted molar refractivity (Wildman–Crippen MR) is 72.7 cm³/mol. The second-order valence-corrected chi connectivity index (χ2v) is 5.23. The maximum absolute atomic E-state index is 11.8. The van der Waals surface area contributed by atoms with Crippen LogP contribution in [0.2, 0.25) is 0 Å². The van der Waals surface area contributed by atoms with Crippen molar-refractivity contribution in [3.05, 3.63) is 33.8 Å². The Bertz CT molecular complexity index is 634. The van der Waals surface area contributed by atoms with Crippen LogP contribution in [0.15, 0.2) is 11.6 Å². The van der Waals surface area contributed by atoms with Crippen LogP contribution in [-0.4, -0.2) is 31.9 Å². The minimum atomic E-state index is -1.07. The number of rotatable bonds is 5. The molecule has 8 heteroatoms. The maximum atomic E-state index is 11.8. The summed E-state index contributed by atoms with van der Waals surface area (Å²) in [5.41, 5.74) is 0.729. The van der Waals surface area contributed by atoms with Gasteiger partial charge in [0.05, 0.1) is 12.5 Å². The lowest BCUT2D eigenvalue weighted by Gasteiger charge is -2.10. The summed E-state index contributed by atoms with van der Waals surface area (Å²) < 4.78 is 0. The van der Waals surface area contributed by atoms with Crippen LogP contribution < -0.4 is 5.32 Å². The molecule has 7 nitrogen and oxygen atoms in total. The lowest BCUT2D eigenvalue weighted by Crippen LogP contribution is -2.28. The summed E-state index contributed by atoms with van der Waals surface area (Å²) in [6, 6.07) is -0.329. The molecule has 2 aromatic heterocycles. The van der Waals surface area contributed by atoms with Crippen molar-refractivity contribution in [2.24, 2.45) is 0 Å². The Labute approximate surface area is 119 Å². The number of carboxylic acid groups (broad SMARTS) is 1. The lowest BCUT2D eigenvalue weighted by molar-refractivity contribution is -0.121. The Kier molecular flexibility index (Phi) is 4.14. The second-order valence-electron chi connectivity index (χ2n) is 4.34. The van der Waals surface area contributed by atoms with Crippen molar-refractivity contribution < 1.29 is 14.7 Å². The van der Waals surface area contributed by atoms with Crippen LogP contribution in [0.5, 0.6) is 0 Å². The number of hydrogen-bond donors (Lipinski definition) is 3. The van der Waals surface area contributed by atoms with E-state index in [2.05, 4.69) is 20.3 Å². The van der Waals surface area contributed by atoms with Gasteiger partial charge in [-0.25, -0.2) is 14.8 Å². The van der Waals surface area contributed by atoms with Gasteiger partial charge in [-0.15, -0.1) is 11.3 Å². The van der Waals surface area contributed by atoms with Gasteiger partial charge >= 0.3 is 5.97 Å². The first kappa shape index (κ1) is 14.2. The number of aromatic amines is 1. The van der Waals surface area contributed by atoms with Crippen molar-refractivity contribution in [2.75, 3.05) is 0 Å². The molecule has 2 heterocycles. The molecule has 0 aliphatic heterocycles. The average Bonchev–Trinajstić information content (AvgIpc) is 2.98. The first-order chi connectivity index (χ1) is 9.45. The number of carbonyl (C=O) groups is 2. The van der Waals surface area contributed by atoms with Gasteiger partial charge in [-0.2, -0.15) is 0 Å². The van der Waals surface area contributed by atoms with Crippen molar-refractivity contribution >= 4 is 23.2 Å². The number of aromatic carboxylic acids is 1. The summed E-state index contributed by atoms with van der Waals surface area (Å²) >= 11 is 1.21. The van der Waals surface area contributed by atoms with E-state index in [4.69, 9.17) is 5.11 Å². The van der Waals surface area contributed by atoms with Crippen LogP contribution >= 0.6 is 11.3 Å². The number of aromatic nitrogens is 3. The van der Waals surface area contributed by atoms with Crippen molar-refractivity contribution in [1.29, 1.82) is 0 Å². The highest BCUT2D eigenvalue weighted by Crippen LogP contribution is 2.18. The maximum Gasteiger partial charge on any atom is 0.355 e. The fourth-order valence-electron chi connectivity index (χ4n) is 1.67. The molecule has 0 saturated heterocycles. The Hall–Kier alpha value is -2.22. The van der Waals surface area contributed by atoms with E-state index in [0.29, 0.717) is 5.01 Å². The molecule has 0 radical (unpaired) electrons. The number of H-pyrrole nitrogens is 1. The molecule has 0 aliphatic carbocycles. The molecule has 0 fully saturated rings. The van der Waals surface area contributed by atoms with Gasteiger partial charge in [-0.1, -0.05) is 0 Å². The van der Waals surface area contributed by atoms with Crippen molar-refractivity contribution in [3.8, 4) is 0 Å². The highest BCUT2D eigenvalue weighted by molar-refractivity contribution is 7.09. The number of thiazole rings is 1. The van der Waals surface area contributed by atoms with Gasteiger partial charge in [0.1, 0.15) is 10.8 Å². The van der Waals surface area contributed by atoms with E-state index in [9.17, 15) is 9.59 Å². The monoisotopic (exact) mass is 294 g/mol. The van der Waals surface area contributed by atoms with Crippen molar-refractivity contribution in [1.82, 2.24) is 20.3 Å². The van der Waals surface area contributed by atoms with Crippen LogP contribution in [0.4, 0.5) is 0 Å². The van der Waals surface area contributed by atoms with Crippen LogP contribution in [0.1, 0.15) is 40.0 Å². The highest BCUT2D eigenvalue weighted by Gasteiger charge is 2.16. The largest absolute Gasteiger partial charge is 0.476 e. The molecule has 3 N–H and O–H groups in total. The first-order valence-electron chi connectivity index (χ1n) is 5.94. The number of nitrogens with zero attached hydrogens (tertiary/aromatic N) is 2. The summed E-state index contributed by atoms with van der Waals surface area (Å²) in [7, 11) is 0. The van der Waals surface area contributed by atoms with Crippen molar-refractivity contribution in [3.63, 3.8) is 0 Å². The lowest BCUT2D eigenvalue weighted by atomic mass is 10.3. The van der Waals surface area contributed by atoms with E-state index < -0.39 is 5.97 Å². The smallest absolute Gasteiger partial charge is 0.355 e. The average molecular weight is 294 g/mol. The minimum Gasteiger partial charge on any atom is -0.476 e. The van der Waals surface area contributed by atoms with E-state index in [1.54, 1.807) is 13.1 Å². The molecule has 1 atom stereocenters. The van der Waals surface area contributed by atoms with E-state index in [1.807, 2.05) is 6.92 Å². The predicted octanol–water partition coefficient (Wildman–Crippen LogP) is 1.29. The van der Waals surface area contributed by atoms with E-state index in [0.717, 1.165) is 11.5 Å². The molecule has 0 bridgehead atoms. The zero-order valence-corrected chi connectivity index (χ0v) is 11.8.